The minimum Gasteiger partial charge on any atom is -0.353 e. The molecule has 3 aromatic heterocycles. The number of piperidine rings is 1. The van der Waals surface area contributed by atoms with Gasteiger partial charge in [-0.3, -0.25) is 15.0 Å². The van der Waals surface area contributed by atoms with E-state index in [1.807, 2.05) is 24.5 Å². The van der Waals surface area contributed by atoms with Crippen LogP contribution in [0.15, 0.2) is 61.6 Å². The summed E-state index contributed by atoms with van der Waals surface area (Å²) in [6, 6.07) is 14.0. The normalized spacial score (nSPS) is 14.2. The lowest BCUT2D eigenvalue weighted by molar-refractivity contribution is 0.220. The molecule has 7 heteroatoms. The van der Waals surface area contributed by atoms with Gasteiger partial charge >= 0.3 is 0 Å². The van der Waals surface area contributed by atoms with Gasteiger partial charge in [-0.1, -0.05) is 19.1 Å². The number of rotatable bonds is 6. The number of aromatic amines is 1. The van der Waals surface area contributed by atoms with Crippen LogP contribution in [0.1, 0.15) is 36.2 Å². The Morgan fingerprint density at radius 1 is 1.06 bits per heavy atom. The first-order valence-corrected chi connectivity index (χ1v) is 11.2. The van der Waals surface area contributed by atoms with Crippen molar-refractivity contribution in [2.24, 2.45) is 0 Å². The molecular formula is C26H25N7. The predicted molar refractivity (Wildman–Crippen MR) is 130 cm³/mol. The summed E-state index contributed by atoms with van der Waals surface area (Å²) in [4.78, 5) is 11.1. The lowest BCUT2D eigenvalue weighted by atomic mass is 10.0. The first-order chi connectivity index (χ1) is 16.2. The maximum Gasteiger partial charge on any atom is 0.140 e. The average molecular weight is 436 g/mol. The van der Waals surface area contributed by atoms with Gasteiger partial charge in [0, 0.05) is 29.9 Å². The molecule has 1 saturated heterocycles. The van der Waals surface area contributed by atoms with Crippen LogP contribution in [0, 0.1) is 11.3 Å². The number of nitrogens with one attached hydrogen (secondary N) is 2. The van der Waals surface area contributed by atoms with Crippen molar-refractivity contribution in [3.8, 4) is 17.2 Å². The molecule has 0 spiro atoms. The molecule has 1 fully saturated rings. The quantitative estimate of drug-likeness (QED) is 0.445. The minimum absolute atomic E-state index is 0.372. The van der Waals surface area contributed by atoms with Crippen LogP contribution in [0.5, 0.6) is 0 Å². The summed E-state index contributed by atoms with van der Waals surface area (Å²) < 4.78 is 0. The molecule has 7 nitrogen and oxygen atoms in total. The second-order valence-corrected chi connectivity index (χ2v) is 8.40. The fraction of sp³-hybridized carbons (Fsp3) is 0.231. The van der Waals surface area contributed by atoms with E-state index in [9.17, 15) is 0 Å². The molecule has 0 saturated carbocycles. The number of nitrogens with zero attached hydrogens (tertiary/aromatic N) is 5. The van der Waals surface area contributed by atoms with Crippen LogP contribution in [-0.2, 0) is 6.54 Å². The molecule has 1 aliphatic heterocycles. The number of likely N-dealkylation sites (tertiary alicyclic amines) is 1. The van der Waals surface area contributed by atoms with Gasteiger partial charge in [-0.25, -0.2) is 4.98 Å². The van der Waals surface area contributed by atoms with Crippen molar-refractivity contribution >= 4 is 22.3 Å². The molecule has 0 atom stereocenters. The van der Waals surface area contributed by atoms with Crippen LogP contribution in [0.25, 0.3) is 27.7 Å². The Morgan fingerprint density at radius 3 is 2.73 bits per heavy atom. The van der Waals surface area contributed by atoms with E-state index in [1.165, 1.54) is 37.9 Å². The van der Waals surface area contributed by atoms with E-state index in [1.54, 1.807) is 18.3 Å². The van der Waals surface area contributed by atoms with Crippen molar-refractivity contribution in [3.63, 3.8) is 0 Å². The van der Waals surface area contributed by atoms with Crippen LogP contribution in [-0.4, -0.2) is 38.2 Å². The van der Waals surface area contributed by atoms with Gasteiger partial charge in [0.2, 0.25) is 0 Å². The van der Waals surface area contributed by atoms with Crippen LogP contribution < -0.4 is 5.32 Å². The third kappa shape index (κ3) is 4.61. The van der Waals surface area contributed by atoms with Gasteiger partial charge in [0.25, 0.3) is 0 Å². The molecule has 0 unspecified atom stereocenters. The van der Waals surface area contributed by atoms with Gasteiger partial charge < -0.3 is 5.32 Å². The van der Waals surface area contributed by atoms with Crippen molar-refractivity contribution < 1.29 is 0 Å². The Morgan fingerprint density at radius 2 is 1.94 bits per heavy atom. The standard InChI is InChI=1S/C26H25N7/c1-18(30-23-7-6-22(13-27)29-16-23)26-24-12-20(5-8-25(24)31-32-26)21-11-19(14-28-15-21)17-33-9-3-2-4-10-33/h5-8,11-12,14-16,30H,1-4,9-10,17H2,(H,31,32). The number of aromatic nitrogens is 4. The summed E-state index contributed by atoms with van der Waals surface area (Å²) in [5.41, 5.74) is 6.88. The molecule has 5 rings (SSSR count). The Hall–Kier alpha value is -4.02. The number of hydrogen-bond donors (Lipinski definition) is 2. The molecule has 4 aromatic rings. The van der Waals surface area contributed by atoms with E-state index < -0.39 is 0 Å². The van der Waals surface area contributed by atoms with E-state index in [0.29, 0.717) is 11.4 Å². The summed E-state index contributed by atoms with van der Waals surface area (Å²) in [6.45, 7) is 7.44. The van der Waals surface area contributed by atoms with Gasteiger partial charge in [0.15, 0.2) is 0 Å². The zero-order valence-electron chi connectivity index (χ0n) is 18.4. The monoisotopic (exact) mass is 435 g/mol. The summed E-state index contributed by atoms with van der Waals surface area (Å²) in [5.74, 6) is 0. The largest absolute Gasteiger partial charge is 0.353 e. The van der Waals surface area contributed by atoms with Gasteiger partial charge in [-0.2, -0.15) is 10.4 Å². The maximum absolute atomic E-state index is 8.93. The highest BCUT2D eigenvalue weighted by molar-refractivity contribution is 5.95. The molecule has 1 aliphatic rings. The van der Waals surface area contributed by atoms with Crippen LogP contribution in [0.2, 0.25) is 0 Å². The first kappa shape index (κ1) is 20.9. The number of hydrogen-bond acceptors (Lipinski definition) is 6. The molecule has 4 heterocycles. The highest BCUT2D eigenvalue weighted by atomic mass is 15.1. The molecular weight excluding hydrogens is 410 g/mol. The zero-order chi connectivity index (χ0) is 22.6. The predicted octanol–water partition coefficient (Wildman–Crippen LogP) is 4.96. The number of H-pyrrole nitrogens is 1. The molecule has 0 amide bonds. The molecule has 0 radical (unpaired) electrons. The third-order valence-electron chi connectivity index (χ3n) is 6.01. The van der Waals surface area contributed by atoms with Gasteiger partial charge in [0.1, 0.15) is 17.5 Å². The second kappa shape index (κ2) is 9.23. The van der Waals surface area contributed by atoms with Crippen molar-refractivity contribution in [2.75, 3.05) is 18.4 Å². The topological polar surface area (TPSA) is 93.5 Å². The number of nitriles is 1. The van der Waals surface area contributed by atoms with E-state index in [0.717, 1.165) is 40.0 Å². The fourth-order valence-electron chi connectivity index (χ4n) is 4.30. The molecule has 1 aromatic carbocycles. The van der Waals surface area contributed by atoms with Gasteiger partial charge in [-0.15, -0.1) is 0 Å². The third-order valence-corrected chi connectivity index (χ3v) is 6.01. The Bertz CT molecular complexity index is 1330. The van der Waals surface area contributed by atoms with Gasteiger partial charge in [0.05, 0.1) is 23.1 Å². The van der Waals surface area contributed by atoms with E-state index in [2.05, 4.69) is 55.2 Å². The molecule has 33 heavy (non-hydrogen) atoms. The Labute approximate surface area is 192 Å². The van der Waals surface area contributed by atoms with Crippen molar-refractivity contribution in [3.05, 3.63) is 78.5 Å². The zero-order valence-corrected chi connectivity index (χ0v) is 18.4. The SMILES string of the molecule is C=C(Nc1ccc(C#N)nc1)c1n[nH]c2ccc(-c3cncc(CN4CCCCC4)c3)cc12. The first-order valence-electron chi connectivity index (χ1n) is 11.2. The van der Waals surface area contributed by atoms with E-state index in [-0.39, 0.29) is 0 Å². The van der Waals surface area contributed by atoms with Crippen molar-refractivity contribution in [1.82, 2.24) is 25.1 Å². The Balaban J connectivity index is 1.39. The second-order valence-electron chi connectivity index (χ2n) is 8.40. The average Bonchev–Trinajstić information content (AvgIpc) is 3.29. The lowest BCUT2D eigenvalue weighted by Gasteiger charge is -2.26. The van der Waals surface area contributed by atoms with Crippen molar-refractivity contribution in [1.29, 1.82) is 5.26 Å². The molecule has 0 aliphatic carbocycles. The highest BCUT2D eigenvalue weighted by Gasteiger charge is 2.13. The van der Waals surface area contributed by atoms with Crippen molar-refractivity contribution in [2.45, 2.75) is 25.8 Å². The van der Waals surface area contributed by atoms with E-state index in [4.69, 9.17) is 5.26 Å². The molecule has 164 valence electrons. The number of fused-ring (bicyclic) bond motifs is 1. The lowest BCUT2D eigenvalue weighted by Crippen LogP contribution is -2.29. The number of pyridine rings is 2. The van der Waals surface area contributed by atoms with Crippen LogP contribution >= 0.6 is 0 Å². The number of benzene rings is 1. The molecule has 2 N–H and O–H groups in total. The summed E-state index contributed by atoms with van der Waals surface area (Å²) in [7, 11) is 0. The van der Waals surface area contributed by atoms with Crippen LogP contribution in [0.4, 0.5) is 5.69 Å². The summed E-state index contributed by atoms with van der Waals surface area (Å²) in [5, 5.41) is 20.7. The highest BCUT2D eigenvalue weighted by Crippen LogP contribution is 2.29. The van der Waals surface area contributed by atoms with Crippen LogP contribution in [0.3, 0.4) is 0 Å². The summed E-state index contributed by atoms with van der Waals surface area (Å²) in [6.07, 6.45) is 9.40. The molecule has 0 bridgehead atoms. The van der Waals surface area contributed by atoms with Gasteiger partial charge in [-0.05, 0) is 67.4 Å². The Kier molecular flexibility index (Phi) is 5.83. The maximum atomic E-state index is 8.93. The smallest absolute Gasteiger partial charge is 0.140 e. The summed E-state index contributed by atoms with van der Waals surface area (Å²) >= 11 is 0. The fourth-order valence-corrected chi connectivity index (χ4v) is 4.30. The number of anilines is 1. The minimum atomic E-state index is 0.372. The van der Waals surface area contributed by atoms with E-state index >= 15 is 0 Å².